The fourth-order valence-electron chi connectivity index (χ4n) is 1.89. The van der Waals surface area contributed by atoms with Crippen LogP contribution in [-0.4, -0.2) is 51.7 Å². The van der Waals surface area contributed by atoms with Gasteiger partial charge in [0.1, 0.15) is 4.90 Å². The first-order valence-corrected chi connectivity index (χ1v) is 8.53. The number of urea groups is 1. The van der Waals surface area contributed by atoms with Crippen LogP contribution in [0, 0.1) is 0 Å². The van der Waals surface area contributed by atoms with Crippen LogP contribution in [0.5, 0.6) is 11.8 Å². The fraction of sp³-hybridized carbons (Fsp3) is 0.200. The van der Waals surface area contributed by atoms with E-state index in [9.17, 15) is 18.0 Å². The van der Waals surface area contributed by atoms with Gasteiger partial charge in [0.05, 0.1) is 35.7 Å². The number of sulfonamides is 1. The molecule has 1 aromatic carbocycles. The van der Waals surface area contributed by atoms with Crippen LogP contribution in [0.15, 0.2) is 35.2 Å². The van der Waals surface area contributed by atoms with Crippen LogP contribution in [-0.2, 0) is 14.8 Å². The molecule has 1 aromatic heterocycles. The molecule has 0 saturated carbocycles. The maximum Gasteiger partial charge on any atom is 0.339 e. The topological polar surface area (TPSA) is 146 Å². The van der Waals surface area contributed by atoms with Crippen molar-refractivity contribution < 1.29 is 35.0 Å². The zero-order chi connectivity index (χ0) is 21.4. The number of carbonyl (C=O) groups excluding carboxylic acids is 2. The lowest BCUT2D eigenvalue weighted by Gasteiger charge is -2.11. The van der Waals surface area contributed by atoms with Gasteiger partial charge >= 0.3 is 12.0 Å². The number of amides is 2. The maximum absolute atomic E-state index is 12.5. The van der Waals surface area contributed by atoms with Gasteiger partial charge in [-0.2, -0.15) is 9.97 Å². The largest absolute Gasteiger partial charge is 0.481 e. The van der Waals surface area contributed by atoms with Crippen molar-refractivity contribution in [2.75, 3.05) is 26.6 Å². The molecule has 11 nitrogen and oxygen atoms in total. The maximum atomic E-state index is 12.5. The summed E-state index contributed by atoms with van der Waals surface area (Å²) in [5.74, 6) is -1.55. The Morgan fingerprint density at radius 2 is 1.74 bits per heavy atom. The highest BCUT2D eigenvalue weighted by atomic mass is 32.2. The van der Waals surface area contributed by atoms with E-state index >= 15 is 0 Å². The summed E-state index contributed by atoms with van der Waals surface area (Å²) in [6.07, 6.45) is 0. The van der Waals surface area contributed by atoms with E-state index in [-0.39, 0.29) is 17.3 Å². The monoisotopic (exact) mass is 398 g/mol. The third-order valence-corrected chi connectivity index (χ3v) is 4.40. The lowest BCUT2D eigenvalue weighted by Crippen LogP contribution is -2.35. The number of hydrogen-bond donors (Lipinski definition) is 2. The highest BCUT2D eigenvalue weighted by molar-refractivity contribution is 7.90. The van der Waals surface area contributed by atoms with Crippen LogP contribution in [0.2, 0.25) is 0 Å². The first-order valence-electron chi connectivity index (χ1n) is 8.46. The van der Waals surface area contributed by atoms with E-state index in [2.05, 4.69) is 20.0 Å². The number of esters is 1. The second-order valence-corrected chi connectivity index (χ2v) is 6.35. The molecule has 2 N–H and O–H groups in total. The standard InChI is InChI=1S/C15H16N4O7S/c1-24-11-8-12(25-2)17-14(16-11)18-15(21)19-27(22,23)10-7-5-4-6-9(10)13(20)26-3/h4-8H,1-3H3,(H2,16,17,18,19,21)/i1D,2D. The van der Waals surface area contributed by atoms with E-state index in [0.717, 1.165) is 13.2 Å². The summed E-state index contributed by atoms with van der Waals surface area (Å²) in [7, 11) is -4.33. The number of carbonyl (C=O) groups is 2. The van der Waals surface area contributed by atoms with Crippen LogP contribution in [0.3, 0.4) is 0 Å². The molecule has 0 unspecified atom stereocenters. The number of hydrogen-bond acceptors (Lipinski definition) is 9. The minimum atomic E-state index is -4.45. The molecule has 0 spiro atoms. The smallest absolute Gasteiger partial charge is 0.339 e. The van der Waals surface area contributed by atoms with Crippen molar-refractivity contribution in [2.45, 2.75) is 4.90 Å². The fourth-order valence-corrected chi connectivity index (χ4v) is 3.00. The van der Waals surface area contributed by atoms with Crippen LogP contribution in [0.25, 0.3) is 0 Å². The van der Waals surface area contributed by atoms with Gasteiger partial charge in [-0.15, -0.1) is 0 Å². The van der Waals surface area contributed by atoms with Crippen molar-refractivity contribution >= 4 is 28.0 Å². The molecule has 0 aliphatic heterocycles. The number of nitrogens with zero attached hydrogens (tertiary/aromatic N) is 2. The second kappa shape index (κ2) is 8.31. The summed E-state index contributed by atoms with van der Waals surface area (Å²) in [6, 6.07) is 5.12. The van der Waals surface area contributed by atoms with Gasteiger partial charge < -0.3 is 14.2 Å². The van der Waals surface area contributed by atoms with Crippen LogP contribution < -0.4 is 19.5 Å². The molecule has 2 amide bonds. The summed E-state index contributed by atoms with van der Waals surface area (Å²) in [5.41, 5.74) is -0.261. The number of nitrogens with one attached hydrogen (secondary N) is 2. The van der Waals surface area contributed by atoms with Gasteiger partial charge in [0, 0.05) is 0 Å². The average Bonchev–Trinajstić information content (AvgIpc) is 2.67. The van der Waals surface area contributed by atoms with Crippen molar-refractivity contribution in [1.29, 1.82) is 0 Å². The molecular formula is C15H16N4O7S. The zero-order valence-electron chi connectivity index (χ0n) is 16.0. The van der Waals surface area contributed by atoms with Crippen molar-refractivity contribution in [3.05, 3.63) is 35.9 Å². The molecule has 2 rings (SSSR count). The van der Waals surface area contributed by atoms with Gasteiger partial charge in [0.2, 0.25) is 17.7 Å². The Morgan fingerprint density at radius 3 is 2.33 bits per heavy atom. The summed E-state index contributed by atoms with van der Waals surface area (Å²) >= 11 is 0. The average molecular weight is 398 g/mol. The molecule has 0 bridgehead atoms. The quantitative estimate of drug-likeness (QED) is 0.674. The summed E-state index contributed by atoms with van der Waals surface area (Å²) in [4.78, 5) is 31.0. The Kier molecular flexibility index (Phi) is 5.24. The summed E-state index contributed by atoms with van der Waals surface area (Å²) < 4.78 is 55.1. The number of ether oxygens (including phenoxy) is 3. The lowest BCUT2D eigenvalue weighted by molar-refractivity contribution is 0.0596. The summed E-state index contributed by atoms with van der Waals surface area (Å²) in [5, 5.41) is 2.08. The minimum absolute atomic E-state index is 0.132. The van der Waals surface area contributed by atoms with E-state index < -0.39 is 47.0 Å². The molecule has 0 saturated heterocycles. The van der Waals surface area contributed by atoms with Gasteiger partial charge in [0.15, 0.2) is 0 Å². The predicted octanol–water partition coefficient (Wildman–Crippen LogP) is 0.791. The van der Waals surface area contributed by atoms with E-state index in [1.165, 1.54) is 24.3 Å². The Labute approximate surface area is 157 Å². The Hall–Kier alpha value is -3.41. The van der Waals surface area contributed by atoms with E-state index in [1.54, 1.807) is 4.72 Å². The van der Waals surface area contributed by atoms with Gasteiger partial charge in [0.25, 0.3) is 10.0 Å². The number of anilines is 1. The molecule has 144 valence electrons. The molecule has 27 heavy (non-hydrogen) atoms. The van der Waals surface area contributed by atoms with Crippen LogP contribution >= 0.6 is 0 Å². The zero-order valence-corrected chi connectivity index (χ0v) is 14.8. The SMILES string of the molecule is [2H]COc1cc(OC[2H])nc(NC(=O)NS(=O)(=O)c2ccccc2C(=O)OC)n1. The molecule has 0 fully saturated rings. The summed E-state index contributed by atoms with van der Waals surface area (Å²) in [6.45, 7) is 0. The molecule has 0 aliphatic rings. The third kappa shape index (κ3) is 4.82. The van der Waals surface area contributed by atoms with Gasteiger partial charge in [-0.05, 0) is 12.1 Å². The Morgan fingerprint density at radius 1 is 1.11 bits per heavy atom. The lowest BCUT2D eigenvalue weighted by atomic mass is 10.2. The van der Waals surface area contributed by atoms with Gasteiger partial charge in [-0.25, -0.2) is 22.7 Å². The number of aromatic nitrogens is 2. The first-order chi connectivity index (χ1) is 13.8. The number of rotatable bonds is 6. The number of benzene rings is 1. The minimum Gasteiger partial charge on any atom is -0.481 e. The van der Waals surface area contributed by atoms with E-state index in [1.807, 2.05) is 0 Å². The van der Waals surface area contributed by atoms with Gasteiger partial charge in [-0.3, -0.25) is 5.32 Å². The third-order valence-electron chi connectivity index (χ3n) is 3.01. The number of methoxy groups -OCH3 is 3. The van der Waals surface area contributed by atoms with Crippen molar-refractivity contribution in [2.24, 2.45) is 0 Å². The normalized spacial score (nSPS) is 11.6. The van der Waals surface area contributed by atoms with E-state index in [4.69, 9.17) is 12.2 Å². The molecule has 0 aliphatic carbocycles. The Bertz CT molecular complexity index is 980. The highest BCUT2D eigenvalue weighted by Gasteiger charge is 2.25. The molecule has 0 radical (unpaired) electrons. The van der Waals surface area contributed by atoms with E-state index in [0.29, 0.717) is 0 Å². The molecule has 1 heterocycles. The Balaban J connectivity index is 2.24. The predicted molar refractivity (Wildman–Crippen MR) is 92.3 cm³/mol. The molecule has 2 aromatic rings. The second-order valence-electron chi connectivity index (χ2n) is 4.70. The first kappa shape index (κ1) is 17.0. The highest BCUT2D eigenvalue weighted by Crippen LogP contribution is 2.18. The molecule has 12 heteroatoms. The van der Waals surface area contributed by atoms with Crippen LogP contribution in [0.1, 0.15) is 13.1 Å². The van der Waals surface area contributed by atoms with Crippen molar-refractivity contribution in [3.8, 4) is 11.8 Å². The molecular weight excluding hydrogens is 380 g/mol. The van der Waals surface area contributed by atoms with Crippen molar-refractivity contribution in [1.82, 2.24) is 14.7 Å². The van der Waals surface area contributed by atoms with Crippen molar-refractivity contribution in [3.63, 3.8) is 0 Å². The molecule has 0 atom stereocenters. The van der Waals surface area contributed by atoms with Gasteiger partial charge in [-0.1, -0.05) is 12.1 Å². The van der Waals surface area contributed by atoms with Crippen LogP contribution in [0.4, 0.5) is 10.7 Å².